The molecular formula is C18H25N. The Morgan fingerprint density at radius 1 is 1.26 bits per heavy atom. The van der Waals surface area contributed by atoms with Gasteiger partial charge < -0.3 is 4.90 Å². The molecule has 0 amide bonds. The minimum atomic E-state index is 0.136. The van der Waals surface area contributed by atoms with Crippen LogP contribution in [0.15, 0.2) is 48.2 Å². The van der Waals surface area contributed by atoms with Crippen molar-refractivity contribution in [1.29, 1.82) is 0 Å². The molecule has 1 aliphatic carbocycles. The van der Waals surface area contributed by atoms with Gasteiger partial charge in [0.2, 0.25) is 0 Å². The van der Waals surface area contributed by atoms with Gasteiger partial charge in [-0.25, -0.2) is 0 Å². The van der Waals surface area contributed by atoms with E-state index >= 15 is 0 Å². The molecule has 0 fully saturated rings. The quantitative estimate of drug-likeness (QED) is 0.714. The predicted molar refractivity (Wildman–Crippen MR) is 83.8 cm³/mol. The standard InChI is InChI=1S/C18H25N/c1-15-10-8-9-13-18(15,2)17(19(3)4)14-16-11-6-5-7-12-16/h5-7,9,11-15H,8,10H2,1-4H3. The minimum absolute atomic E-state index is 0.136. The first kappa shape index (κ1) is 13.9. The average Bonchev–Trinajstić information content (AvgIpc) is 2.40. The lowest BCUT2D eigenvalue weighted by molar-refractivity contribution is 0.246. The van der Waals surface area contributed by atoms with Crippen molar-refractivity contribution >= 4 is 6.08 Å². The number of rotatable bonds is 3. The van der Waals surface area contributed by atoms with Gasteiger partial charge in [-0.15, -0.1) is 0 Å². The van der Waals surface area contributed by atoms with E-state index in [0.717, 1.165) is 0 Å². The van der Waals surface area contributed by atoms with E-state index in [0.29, 0.717) is 5.92 Å². The maximum atomic E-state index is 2.40. The van der Waals surface area contributed by atoms with Gasteiger partial charge in [0.05, 0.1) is 0 Å². The Hall–Kier alpha value is -1.50. The van der Waals surface area contributed by atoms with Crippen molar-refractivity contribution in [3.05, 3.63) is 53.7 Å². The normalized spacial score (nSPS) is 27.4. The minimum Gasteiger partial charge on any atom is -0.380 e. The molecule has 0 aliphatic heterocycles. The third kappa shape index (κ3) is 2.91. The molecule has 1 aromatic carbocycles. The van der Waals surface area contributed by atoms with Crippen molar-refractivity contribution in [2.75, 3.05) is 14.1 Å². The molecule has 0 saturated heterocycles. The zero-order chi connectivity index (χ0) is 13.9. The highest BCUT2D eigenvalue weighted by atomic mass is 15.1. The van der Waals surface area contributed by atoms with Gasteiger partial charge in [0.25, 0.3) is 0 Å². The molecule has 19 heavy (non-hydrogen) atoms. The zero-order valence-electron chi connectivity index (χ0n) is 12.6. The van der Waals surface area contributed by atoms with Crippen molar-refractivity contribution in [2.45, 2.75) is 26.7 Å². The van der Waals surface area contributed by atoms with Gasteiger partial charge in [-0.2, -0.15) is 0 Å². The Morgan fingerprint density at radius 2 is 1.95 bits per heavy atom. The van der Waals surface area contributed by atoms with E-state index in [1.807, 2.05) is 0 Å². The Balaban J connectivity index is 2.43. The molecule has 1 heteroatoms. The van der Waals surface area contributed by atoms with Gasteiger partial charge >= 0.3 is 0 Å². The van der Waals surface area contributed by atoms with E-state index in [1.165, 1.54) is 24.1 Å². The van der Waals surface area contributed by atoms with Gasteiger partial charge in [0.1, 0.15) is 0 Å². The average molecular weight is 255 g/mol. The van der Waals surface area contributed by atoms with Gasteiger partial charge in [0.15, 0.2) is 0 Å². The molecule has 1 aliphatic rings. The molecule has 2 atom stereocenters. The highest BCUT2D eigenvalue weighted by Crippen LogP contribution is 2.43. The summed E-state index contributed by atoms with van der Waals surface area (Å²) in [5.41, 5.74) is 2.80. The second-order valence-electron chi connectivity index (χ2n) is 6.00. The monoisotopic (exact) mass is 255 g/mol. The topological polar surface area (TPSA) is 3.24 Å². The van der Waals surface area contributed by atoms with Crippen molar-refractivity contribution in [1.82, 2.24) is 4.90 Å². The number of allylic oxidation sites excluding steroid dienone is 2. The first-order chi connectivity index (χ1) is 9.04. The molecule has 1 aromatic rings. The molecule has 102 valence electrons. The lowest BCUT2D eigenvalue weighted by Crippen LogP contribution is -2.34. The highest BCUT2D eigenvalue weighted by molar-refractivity contribution is 5.54. The molecule has 2 unspecified atom stereocenters. The fourth-order valence-corrected chi connectivity index (χ4v) is 2.95. The second-order valence-corrected chi connectivity index (χ2v) is 6.00. The largest absolute Gasteiger partial charge is 0.380 e. The number of hydrogen-bond acceptors (Lipinski definition) is 1. The highest BCUT2D eigenvalue weighted by Gasteiger charge is 2.35. The summed E-state index contributed by atoms with van der Waals surface area (Å²) in [6.07, 6.45) is 9.54. The van der Waals surface area contributed by atoms with E-state index in [2.05, 4.69) is 81.4 Å². The maximum Gasteiger partial charge on any atom is 0.0279 e. The van der Waals surface area contributed by atoms with Gasteiger partial charge in [-0.3, -0.25) is 0 Å². The summed E-state index contributed by atoms with van der Waals surface area (Å²) in [5.74, 6) is 0.676. The van der Waals surface area contributed by atoms with Crippen LogP contribution in [0.25, 0.3) is 6.08 Å². The van der Waals surface area contributed by atoms with Crippen LogP contribution in [0.2, 0.25) is 0 Å². The van der Waals surface area contributed by atoms with Crippen LogP contribution in [0.1, 0.15) is 32.3 Å². The summed E-state index contributed by atoms with van der Waals surface area (Å²) >= 11 is 0. The number of nitrogens with zero attached hydrogens (tertiary/aromatic N) is 1. The van der Waals surface area contributed by atoms with Crippen LogP contribution in [-0.2, 0) is 0 Å². The molecule has 1 nitrogen and oxygen atoms in total. The van der Waals surface area contributed by atoms with E-state index in [1.54, 1.807) is 0 Å². The van der Waals surface area contributed by atoms with Gasteiger partial charge in [-0.05, 0) is 30.4 Å². The SMILES string of the molecule is CC1CCC=CC1(C)C(=Cc1ccccc1)N(C)C. The summed E-state index contributed by atoms with van der Waals surface area (Å²) in [4.78, 5) is 2.26. The lowest BCUT2D eigenvalue weighted by Gasteiger charge is -2.41. The van der Waals surface area contributed by atoms with Gasteiger partial charge in [0, 0.05) is 25.2 Å². The van der Waals surface area contributed by atoms with Crippen LogP contribution in [0.3, 0.4) is 0 Å². The molecule has 0 heterocycles. The van der Waals surface area contributed by atoms with Crippen molar-refractivity contribution in [3.63, 3.8) is 0 Å². The van der Waals surface area contributed by atoms with E-state index < -0.39 is 0 Å². The molecule has 0 bridgehead atoms. The van der Waals surface area contributed by atoms with Crippen LogP contribution in [-0.4, -0.2) is 19.0 Å². The fourth-order valence-electron chi connectivity index (χ4n) is 2.95. The maximum absolute atomic E-state index is 2.40. The fraction of sp³-hybridized carbons (Fsp3) is 0.444. The van der Waals surface area contributed by atoms with Gasteiger partial charge in [-0.1, -0.05) is 56.3 Å². The Morgan fingerprint density at radius 3 is 2.53 bits per heavy atom. The first-order valence-electron chi connectivity index (χ1n) is 7.16. The number of hydrogen-bond donors (Lipinski definition) is 0. The van der Waals surface area contributed by atoms with Crippen LogP contribution >= 0.6 is 0 Å². The molecule has 0 radical (unpaired) electrons. The Labute approximate surface area is 117 Å². The van der Waals surface area contributed by atoms with Crippen LogP contribution < -0.4 is 0 Å². The zero-order valence-corrected chi connectivity index (χ0v) is 12.6. The van der Waals surface area contributed by atoms with E-state index in [4.69, 9.17) is 0 Å². The summed E-state index contributed by atoms with van der Waals surface area (Å²) in [7, 11) is 4.30. The first-order valence-corrected chi connectivity index (χ1v) is 7.16. The molecule has 0 spiro atoms. The summed E-state index contributed by atoms with van der Waals surface area (Å²) in [6.45, 7) is 4.73. The summed E-state index contributed by atoms with van der Waals surface area (Å²) in [6, 6.07) is 10.6. The summed E-state index contributed by atoms with van der Waals surface area (Å²) < 4.78 is 0. The molecule has 2 rings (SSSR count). The van der Waals surface area contributed by atoms with Crippen molar-refractivity contribution < 1.29 is 0 Å². The van der Waals surface area contributed by atoms with E-state index in [-0.39, 0.29) is 5.41 Å². The predicted octanol–water partition coefficient (Wildman–Crippen LogP) is 4.58. The molecule has 0 N–H and O–H groups in total. The van der Waals surface area contributed by atoms with Crippen LogP contribution in [0, 0.1) is 11.3 Å². The Kier molecular flexibility index (Phi) is 4.14. The number of benzene rings is 1. The molecule has 0 aromatic heterocycles. The van der Waals surface area contributed by atoms with Crippen molar-refractivity contribution in [2.24, 2.45) is 11.3 Å². The third-order valence-corrected chi connectivity index (χ3v) is 4.39. The smallest absolute Gasteiger partial charge is 0.0279 e. The summed E-state index contributed by atoms with van der Waals surface area (Å²) in [5, 5.41) is 0. The van der Waals surface area contributed by atoms with Crippen LogP contribution in [0.5, 0.6) is 0 Å². The van der Waals surface area contributed by atoms with E-state index in [9.17, 15) is 0 Å². The Bertz CT molecular complexity index is 470. The van der Waals surface area contributed by atoms with Crippen LogP contribution in [0.4, 0.5) is 0 Å². The molecule has 0 saturated carbocycles. The van der Waals surface area contributed by atoms with Crippen molar-refractivity contribution in [3.8, 4) is 0 Å². The molecular weight excluding hydrogens is 230 g/mol. The second kappa shape index (κ2) is 5.64. The third-order valence-electron chi connectivity index (χ3n) is 4.39. The lowest BCUT2D eigenvalue weighted by atomic mass is 9.69.